The van der Waals surface area contributed by atoms with Gasteiger partial charge in [-0.15, -0.1) is 0 Å². The number of benzene rings is 4. The van der Waals surface area contributed by atoms with Crippen LogP contribution in [0.4, 0.5) is 0 Å². The number of amides is 4. The van der Waals surface area contributed by atoms with Crippen molar-refractivity contribution in [3.05, 3.63) is 117 Å². The molecular weight excluding hydrogens is 476 g/mol. The summed E-state index contributed by atoms with van der Waals surface area (Å²) in [5, 5.41) is 0.809. The largest absolute Gasteiger partial charge is 0.274 e. The first-order valence-corrected chi connectivity index (χ1v) is 12.8. The standard InChI is InChI=1S/C32H26N2O4/c1-19-5-3-7-21(17-19)13-15-33-29(35)23-9-11-25-28-26(12-10-24(27(23)28)30(33)36)32(38)34(31(25)37)16-14-22-8-4-6-20(2)18-22/h3-12,17-18H,13-16H2,1-2H3. The van der Waals surface area contributed by atoms with Crippen molar-refractivity contribution in [2.45, 2.75) is 26.7 Å². The van der Waals surface area contributed by atoms with E-state index in [0.717, 1.165) is 22.3 Å². The predicted molar refractivity (Wildman–Crippen MR) is 144 cm³/mol. The lowest BCUT2D eigenvalue weighted by atomic mass is 9.85. The van der Waals surface area contributed by atoms with Crippen LogP contribution < -0.4 is 0 Å². The zero-order chi connectivity index (χ0) is 26.6. The summed E-state index contributed by atoms with van der Waals surface area (Å²) in [6.45, 7) is 4.50. The fraction of sp³-hybridized carbons (Fsp3) is 0.188. The zero-order valence-electron chi connectivity index (χ0n) is 21.3. The Kier molecular flexibility index (Phi) is 5.68. The Labute approximate surface area is 220 Å². The van der Waals surface area contributed by atoms with Gasteiger partial charge >= 0.3 is 0 Å². The van der Waals surface area contributed by atoms with Crippen LogP contribution in [0.1, 0.15) is 63.7 Å². The van der Waals surface area contributed by atoms with Gasteiger partial charge in [0.1, 0.15) is 0 Å². The molecule has 2 heterocycles. The van der Waals surface area contributed by atoms with E-state index in [-0.39, 0.29) is 13.1 Å². The first kappa shape index (κ1) is 23.8. The van der Waals surface area contributed by atoms with Crippen LogP contribution in [-0.4, -0.2) is 46.5 Å². The van der Waals surface area contributed by atoms with Crippen LogP contribution >= 0.6 is 0 Å². The van der Waals surface area contributed by atoms with Crippen molar-refractivity contribution in [1.29, 1.82) is 0 Å². The van der Waals surface area contributed by atoms with E-state index in [9.17, 15) is 19.2 Å². The molecule has 0 unspecified atom stereocenters. The number of rotatable bonds is 6. The van der Waals surface area contributed by atoms with Crippen molar-refractivity contribution in [3.63, 3.8) is 0 Å². The van der Waals surface area contributed by atoms with Gasteiger partial charge in [0.2, 0.25) is 0 Å². The van der Waals surface area contributed by atoms with E-state index in [2.05, 4.69) is 0 Å². The molecule has 0 saturated heterocycles. The van der Waals surface area contributed by atoms with Gasteiger partial charge in [-0.1, -0.05) is 59.7 Å². The Morgan fingerprint density at radius 1 is 0.500 bits per heavy atom. The quantitative estimate of drug-likeness (QED) is 0.343. The molecule has 0 saturated carbocycles. The number of aryl methyl sites for hydroxylation is 2. The van der Waals surface area contributed by atoms with Crippen molar-refractivity contribution in [2.75, 3.05) is 13.1 Å². The van der Waals surface area contributed by atoms with Crippen molar-refractivity contribution in [1.82, 2.24) is 9.80 Å². The van der Waals surface area contributed by atoms with Gasteiger partial charge in [0.25, 0.3) is 23.6 Å². The minimum atomic E-state index is -0.402. The monoisotopic (exact) mass is 502 g/mol. The number of carbonyl (C=O) groups is 4. The maximum atomic E-state index is 13.5. The number of nitrogens with zero attached hydrogens (tertiary/aromatic N) is 2. The van der Waals surface area contributed by atoms with Gasteiger partial charge in [-0.25, -0.2) is 0 Å². The summed E-state index contributed by atoms with van der Waals surface area (Å²) >= 11 is 0. The summed E-state index contributed by atoms with van der Waals surface area (Å²) in [6.07, 6.45) is 1.08. The average molecular weight is 503 g/mol. The van der Waals surface area contributed by atoms with E-state index >= 15 is 0 Å². The molecule has 4 aromatic rings. The Balaban J connectivity index is 1.33. The SMILES string of the molecule is Cc1cccc(CCN2C(=O)c3ccc4c5c(ccc(c35)C2=O)C(=O)N(CCc2cccc(C)c2)C4=O)c1. The average Bonchev–Trinajstić information content (AvgIpc) is 2.90. The van der Waals surface area contributed by atoms with Crippen LogP contribution in [0.5, 0.6) is 0 Å². The summed E-state index contributed by atoms with van der Waals surface area (Å²) in [5.74, 6) is -1.61. The third-order valence-electron chi connectivity index (χ3n) is 7.48. The highest BCUT2D eigenvalue weighted by molar-refractivity contribution is 6.33. The molecular formula is C32H26N2O4. The van der Waals surface area contributed by atoms with Crippen molar-refractivity contribution in [3.8, 4) is 0 Å². The minimum absolute atomic E-state index is 0.246. The fourth-order valence-corrected chi connectivity index (χ4v) is 5.60. The molecule has 0 aliphatic carbocycles. The van der Waals surface area contributed by atoms with Gasteiger partial charge in [-0.05, 0) is 62.1 Å². The molecule has 0 fully saturated rings. The second kappa shape index (κ2) is 9.06. The molecule has 0 bridgehead atoms. The van der Waals surface area contributed by atoms with Crippen molar-refractivity contribution >= 4 is 34.4 Å². The summed E-state index contributed by atoms with van der Waals surface area (Å²) < 4.78 is 0. The van der Waals surface area contributed by atoms with Gasteiger partial charge < -0.3 is 0 Å². The maximum absolute atomic E-state index is 13.5. The molecule has 4 aromatic carbocycles. The number of hydrogen-bond donors (Lipinski definition) is 0. The van der Waals surface area contributed by atoms with Crippen LogP contribution in [0.2, 0.25) is 0 Å². The molecule has 2 aliphatic rings. The predicted octanol–water partition coefficient (Wildman–Crippen LogP) is 5.13. The van der Waals surface area contributed by atoms with E-state index < -0.39 is 23.6 Å². The molecule has 0 N–H and O–H groups in total. The number of imide groups is 2. The minimum Gasteiger partial charge on any atom is -0.274 e. The smallest absolute Gasteiger partial charge is 0.261 e. The number of carbonyl (C=O) groups excluding carboxylic acids is 4. The lowest BCUT2D eigenvalue weighted by Crippen LogP contribution is -2.44. The van der Waals surface area contributed by atoms with E-state index in [4.69, 9.17) is 0 Å². The third kappa shape index (κ3) is 3.80. The second-order valence-corrected chi connectivity index (χ2v) is 10.1. The topological polar surface area (TPSA) is 74.8 Å². The summed E-state index contributed by atoms with van der Waals surface area (Å²) in [7, 11) is 0. The zero-order valence-corrected chi connectivity index (χ0v) is 21.3. The van der Waals surface area contributed by atoms with Crippen molar-refractivity contribution < 1.29 is 19.2 Å². The Morgan fingerprint density at radius 3 is 1.16 bits per heavy atom. The van der Waals surface area contributed by atoms with Gasteiger partial charge in [-0.2, -0.15) is 0 Å². The number of hydrogen-bond acceptors (Lipinski definition) is 4. The first-order chi connectivity index (χ1) is 18.3. The second-order valence-electron chi connectivity index (χ2n) is 10.1. The summed E-state index contributed by atoms with van der Waals surface area (Å²) in [5.41, 5.74) is 5.71. The van der Waals surface area contributed by atoms with E-state index in [1.165, 1.54) is 9.80 Å². The van der Waals surface area contributed by atoms with Crippen LogP contribution in [-0.2, 0) is 12.8 Å². The molecule has 4 amide bonds. The van der Waals surface area contributed by atoms with Gasteiger partial charge in [0, 0.05) is 46.1 Å². The van der Waals surface area contributed by atoms with Crippen LogP contribution in [0.15, 0.2) is 72.8 Å². The molecule has 6 heteroatoms. The molecule has 0 aromatic heterocycles. The Hall–Kier alpha value is -4.58. The molecule has 188 valence electrons. The molecule has 0 atom stereocenters. The van der Waals surface area contributed by atoms with E-state index in [1.54, 1.807) is 24.3 Å². The summed E-state index contributed by atoms with van der Waals surface area (Å²) in [4.78, 5) is 56.4. The normalized spacial score (nSPS) is 14.6. The van der Waals surface area contributed by atoms with E-state index in [0.29, 0.717) is 45.9 Å². The summed E-state index contributed by atoms with van der Waals surface area (Å²) in [6, 6.07) is 22.4. The van der Waals surface area contributed by atoms with E-state index in [1.807, 2.05) is 62.4 Å². The van der Waals surface area contributed by atoms with Crippen LogP contribution in [0, 0.1) is 13.8 Å². The third-order valence-corrected chi connectivity index (χ3v) is 7.48. The highest BCUT2D eigenvalue weighted by Crippen LogP contribution is 2.38. The van der Waals surface area contributed by atoms with Gasteiger partial charge in [0.15, 0.2) is 0 Å². The molecule has 6 rings (SSSR count). The van der Waals surface area contributed by atoms with Gasteiger partial charge in [0.05, 0.1) is 0 Å². The molecule has 0 spiro atoms. The Morgan fingerprint density at radius 2 is 0.842 bits per heavy atom. The fourth-order valence-electron chi connectivity index (χ4n) is 5.60. The highest BCUT2D eigenvalue weighted by Gasteiger charge is 2.39. The van der Waals surface area contributed by atoms with Crippen LogP contribution in [0.3, 0.4) is 0 Å². The molecule has 2 aliphatic heterocycles. The molecule has 6 nitrogen and oxygen atoms in total. The Bertz CT molecular complexity index is 1490. The lowest BCUT2D eigenvalue weighted by molar-refractivity contribution is 0.0590. The van der Waals surface area contributed by atoms with Crippen LogP contribution in [0.25, 0.3) is 10.8 Å². The lowest BCUT2D eigenvalue weighted by Gasteiger charge is -2.32. The first-order valence-electron chi connectivity index (χ1n) is 12.8. The molecule has 38 heavy (non-hydrogen) atoms. The maximum Gasteiger partial charge on any atom is 0.261 e. The van der Waals surface area contributed by atoms with Gasteiger partial charge in [-0.3, -0.25) is 29.0 Å². The highest BCUT2D eigenvalue weighted by atomic mass is 16.2. The van der Waals surface area contributed by atoms with Crippen molar-refractivity contribution in [2.24, 2.45) is 0 Å². The molecule has 0 radical (unpaired) electrons.